The van der Waals surface area contributed by atoms with Crippen molar-refractivity contribution in [3.05, 3.63) is 35.1 Å². The van der Waals surface area contributed by atoms with Gasteiger partial charge in [0.25, 0.3) is 0 Å². The molecule has 1 fully saturated rings. The first-order valence-corrected chi connectivity index (χ1v) is 9.29. The lowest BCUT2D eigenvalue weighted by atomic mass is 9.74. The molecule has 1 aliphatic heterocycles. The monoisotopic (exact) mass is 360 g/mol. The van der Waals surface area contributed by atoms with Gasteiger partial charge in [0.05, 0.1) is 0 Å². The predicted octanol–water partition coefficient (Wildman–Crippen LogP) is 2.89. The Bertz CT molecular complexity index is 701. The number of ketones is 2. The molecule has 0 bridgehead atoms. The lowest BCUT2D eigenvalue weighted by Gasteiger charge is -2.44. The van der Waals surface area contributed by atoms with E-state index in [0.717, 1.165) is 12.8 Å². The van der Waals surface area contributed by atoms with Crippen molar-refractivity contribution in [1.82, 2.24) is 0 Å². The summed E-state index contributed by atoms with van der Waals surface area (Å²) in [6.07, 6.45) is 6.67. The molecular weight excluding hydrogens is 332 g/mol. The van der Waals surface area contributed by atoms with Crippen molar-refractivity contribution in [1.29, 1.82) is 0 Å². The third-order valence-corrected chi connectivity index (χ3v) is 6.18. The number of ether oxygens (including phenoxy) is 2. The van der Waals surface area contributed by atoms with Crippen LogP contribution in [-0.4, -0.2) is 41.6 Å². The highest BCUT2D eigenvalue weighted by Crippen LogP contribution is 2.54. The molecule has 0 aromatic carbocycles. The number of carbonyl (C=O) groups excluding carboxylic acids is 2. The first kappa shape index (κ1) is 19.1. The SMILES string of the molecule is CO[C@H]1C[C@H](O)C2=C(C[C@H]3[C@H](/C(C)=C/C=C/C(C)=O)CC[C@@]3(C)O2)C1=O. The molecule has 0 unspecified atom stereocenters. The lowest BCUT2D eigenvalue weighted by Crippen LogP contribution is -2.47. The van der Waals surface area contributed by atoms with Gasteiger partial charge in [0, 0.05) is 25.0 Å². The van der Waals surface area contributed by atoms with E-state index in [1.54, 1.807) is 12.2 Å². The van der Waals surface area contributed by atoms with Crippen molar-refractivity contribution in [2.45, 2.75) is 64.3 Å². The molecule has 26 heavy (non-hydrogen) atoms. The summed E-state index contributed by atoms with van der Waals surface area (Å²) in [5, 5.41) is 10.4. The Morgan fingerprint density at radius 3 is 2.77 bits per heavy atom. The van der Waals surface area contributed by atoms with Gasteiger partial charge in [-0.15, -0.1) is 0 Å². The van der Waals surface area contributed by atoms with E-state index >= 15 is 0 Å². The number of allylic oxidation sites excluding steroid dienone is 4. The summed E-state index contributed by atoms with van der Waals surface area (Å²) in [5.41, 5.74) is 1.41. The highest BCUT2D eigenvalue weighted by molar-refractivity contribution is 6.00. The number of hydrogen-bond donors (Lipinski definition) is 1. The summed E-state index contributed by atoms with van der Waals surface area (Å²) in [6.45, 7) is 5.68. The zero-order chi connectivity index (χ0) is 19.1. The van der Waals surface area contributed by atoms with Gasteiger partial charge in [-0.2, -0.15) is 0 Å². The van der Waals surface area contributed by atoms with Crippen LogP contribution in [0.1, 0.15) is 46.5 Å². The summed E-state index contributed by atoms with van der Waals surface area (Å²) < 4.78 is 11.5. The minimum Gasteiger partial charge on any atom is -0.488 e. The van der Waals surface area contributed by atoms with E-state index < -0.39 is 12.2 Å². The fourth-order valence-corrected chi connectivity index (χ4v) is 4.68. The lowest BCUT2D eigenvalue weighted by molar-refractivity contribution is -0.135. The molecule has 142 valence electrons. The average molecular weight is 360 g/mol. The molecule has 1 N–H and O–H groups in total. The number of aliphatic hydroxyl groups excluding tert-OH is 1. The third-order valence-electron chi connectivity index (χ3n) is 6.18. The van der Waals surface area contributed by atoms with Gasteiger partial charge in [0.1, 0.15) is 23.6 Å². The number of aliphatic hydroxyl groups is 1. The smallest absolute Gasteiger partial charge is 0.191 e. The third kappa shape index (κ3) is 3.30. The van der Waals surface area contributed by atoms with Crippen LogP contribution in [0.2, 0.25) is 0 Å². The summed E-state index contributed by atoms with van der Waals surface area (Å²) in [5.74, 6) is 0.890. The van der Waals surface area contributed by atoms with Crippen LogP contribution < -0.4 is 0 Å². The predicted molar refractivity (Wildman–Crippen MR) is 97.4 cm³/mol. The van der Waals surface area contributed by atoms with Gasteiger partial charge < -0.3 is 14.6 Å². The molecule has 5 atom stereocenters. The van der Waals surface area contributed by atoms with E-state index in [1.807, 2.05) is 6.08 Å². The second-order valence-electron chi connectivity index (χ2n) is 7.93. The van der Waals surface area contributed by atoms with Crippen LogP contribution >= 0.6 is 0 Å². The van der Waals surface area contributed by atoms with Crippen LogP contribution in [0, 0.1) is 11.8 Å². The zero-order valence-corrected chi connectivity index (χ0v) is 16.0. The maximum Gasteiger partial charge on any atom is 0.191 e. The number of methoxy groups -OCH3 is 1. The summed E-state index contributed by atoms with van der Waals surface area (Å²) >= 11 is 0. The fraction of sp³-hybridized carbons (Fsp3) is 0.619. The molecule has 3 rings (SSSR count). The topological polar surface area (TPSA) is 72.8 Å². The maximum atomic E-state index is 12.7. The molecule has 5 nitrogen and oxygen atoms in total. The largest absolute Gasteiger partial charge is 0.488 e. The standard InChI is InChI=1S/C21H28O5/c1-12(6-5-7-13(2)22)14-8-9-21(3)16(14)10-15-19(24)18(25-4)11-17(23)20(15)26-21/h5-7,14,16-18,23H,8-11H2,1-4H3/b7-5+,12-6+/t14-,16-,17-,18-,21+/m0/s1. The van der Waals surface area contributed by atoms with E-state index in [0.29, 0.717) is 23.7 Å². The second kappa shape index (κ2) is 7.12. The molecule has 0 aromatic heterocycles. The molecule has 0 radical (unpaired) electrons. The van der Waals surface area contributed by atoms with Crippen molar-refractivity contribution in [3.63, 3.8) is 0 Å². The van der Waals surface area contributed by atoms with Gasteiger partial charge in [0.2, 0.25) is 0 Å². The number of hydrogen-bond acceptors (Lipinski definition) is 5. The molecule has 0 aromatic rings. The van der Waals surface area contributed by atoms with Crippen LogP contribution in [0.3, 0.4) is 0 Å². The van der Waals surface area contributed by atoms with Gasteiger partial charge in [-0.3, -0.25) is 9.59 Å². The molecular formula is C21H28O5. The van der Waals surface area contributed by atoms with Gasteiger partial charge in [-0.05, 0) is 52.0 Å². The normalized spacial score (nSPS) is 37.6. The Morgan fingerprint density at radius 2 is 2.12 bits per heavy atom. The molecule has 2 aliphatic carbocycles. The van der Waals surface area contributed by atoms with E-state index in [2.05, 4.69) is 13.8 Å². The van der Waals surface area contributed by atoms with E-state index in [-0.39, 0.29) is 29.5 Å². The number of Topliss-reactive ketones (excluding diaryl/α,β-unsaturated/α-hetero) is 1. The van der Waals surface area contributed by atoms with Crippen LogP contribution in [-0.2, 0) is 19.1 Å². The Kier molecular flexibility index (Phi) is 5.22. The molecule has 0 amide bonds. The van der Waals surface area contributed by atoms with Crippen LogP contribution in [0.25, 0.3) is 0 Å². The minimum atomic E-state index is -0.778. The number of fused-ring (bicyclic) bond motifs is 1. The van der Waals surface area contributed by atoms with E-state index in [4.69, 9.17) is 9.47 Å². The molecule has 3 aliphatic rings. The van der Waals surface area contributed by atoms with Crippen molar-refractivity contribution in [2.24, 2.45) is 11.8 Å². The molecule has 0 saturated heterocycles. The molecule has 5 heteroatoms. The number of carbonyl (C=O) groups is 2. The summed E-state index contributed by atoms with van der Waals surface area (Å²) in [4.78, 5) is 23.8. The Labute approximate surface area is 154 Å². The average Bonchev–Trinajstić information content (AvgIpc) is 2.92. The van der Waals surface area contributed by atoms with Crippen LogP contribution in [0.15, 0.2) is 35.1 Å². The Hall–Kier alpha value is -1.72. The highest BCUT2D eigenvalue weighted by Gasteiger charge is 2.54. The summed E-state index contributed by atoms with van der Waals surface area (Å²) in [7, 11) is 1.50. The molecule has 1 saturated carbocycles. The van der Waals surface area contributed by atoms with E-state index in [9.17, 15) is 14.7 Å². The fourth-order valence-electron chi connectivity index (χ4n) is 4.68. The van der Waals surface area contributed by atoms with E-state index in [1.165, 1.54) is 19.6 Å². The Balaban J connectivity index is 1.88. The molecule has 0 spiro atoms. The molecule has 1 heterocycles. The van der Waals surface area contributed by atoms with Gasteiger partial charge >= 0.3 is 0 Å². The van der Waals surface area contributed by atoms with Crippen molar-refractivity contribution in [2.75, 3.05) is 7.11 Å². The van der Waals surface area contributed by atoms with Crippen molar-refractivity contribution >= 4 is 11.6 Å². The first-order valence-electron chi connectivity index (χ1n) is 9.29. The minimum absolute atomic E-state index is 0.0218. The zero-order valence-electron chi connectivity index (χ0n) is 16.0. The first-order chi connectivity index (χ1) is 12.3. The van der Waals surface area contributed by atoms with Gasteiger partial charge in [0.15, 0.2) is 11.6 Å². The Morgan fingerprint density at radius 1 is 1.38 bits per heavy atom. The number of rotatable bonds is 4. The second-order valence-corrected chi connectivity index (χ2v) is 7.93. The van der Waals surface area contributed by atoms with Crippen LogP contribution in [0.5, 0.6) is 0 Å². The summed E-state index contributed by atoms with van der Waals surface area (Å²) in [6, 6.07) is 0. The van der Waals surface area contributed by atoms with Crippen molar-refractivity contribution in [3.8, 4) is 0 Å². The highest BCUT2D eigenvalue weighted by atomic mass is 16.5. The van der Waals surface area contributed by atoms with Crippen molar-refractivity contribution < 1.29 is 24.2 Å². The van der Waals surface area contributed by atoms with Crippen LogP contribution in [0.4, 0.5) is 0 Å². The van der Waals surface area contributed by atoms with Gasteiger partial charge in [-0.25, -0.2) is 0 Å². The van der Waals surface area contributed by atoms with Gasteiger partial charge in [-0.1, -0.05) is 17.7 Å². The quantitative estimate of drug-likeness (QED) is 0.616. The maximum absolute atomic E-state index is 12.7.